The molecule has 1 aromatic heterocycles. The average Bonchev–Trinajstić information content (AvgIpc) is 3.00. The van der Waals surface area contributed by atoms with Crippen molar-refractivity contribution >= 4 is 11.0 Å². The maximum Gasteiger partial charge on any atom is 0.106 e. The fourth-order valence-corrected chi connectivity index (χ4v) is 2.80. The van der Waals surface area contributed by atoms with E-state index in [1.54, 1.807) is 0 Å². The fourth-order valence-electron chi connectivity index (χ4n) is 2.80. The lowest BCUT2D eigenvalue weighted by molar-refractivity contribution is 0.536. The van der Waals surface area contributed by atoms with Crippen molar-refractivity contribution in [2.45, 2.75) is 32.4 Å². The lowest BCUT2D eigenvalue weighted by Gasteiger charge is -2.11. The van der Waals surface area contributed by atoms with Gasteiger partial charge in [-0.25, -0.2) is 4.98 Å². The molecule has 1 aromatic carbocycles. The Labute approximate surface area is 114 Å². The maximum absolute atomic E-state index is 4.58. The predicted octanol–water partition coefficient (Wildman–Crippen LogP) is 1.72. The van der Waals surface area contributed by atoms with Crippen molar-refractivity contribution in [3.8, 4) is 0 Å². The Bertz CT molecular complexity index is 567. The molecule has 0 saturated carbocycles. The van der Waals surface area contributed by atoms with E-state index in [4.69, 9.17) is 0 Å². The molecule has 102 valence electrons. The molecule has 4 nitrogen and oxygen atoms in total. The van der Waals surface area contributed by atoms with Crippen molar-refractivity contribution in [3.63, 3.8) is 0 Å². The molecule has 2 aromatic rings. The Kier molecular flexibility index (Phi) is 3.53. The van der Waals surface area contributed by atoms with Crippen LogP contribution >= 0.6 is 0 Å². The fraction of sp³-hybridized carbons (Fsp3) is 0.533. The summed E-state index contributed by atoms with van der Waals surface area (Å²) in [5, 5.41) is 7.04. The van der Waals surface area contributed by atoms with E-state index < -0.39 is 0 Å². The minimum Gasteiger partial charge on any atom is -0.331 e. The van der Waals surface area contributed by atoms with Crippen LogP contribution < -0.4 is 10.6 Å². The van der Waals surface area contributed by atoms with E-state index in [9.17, 15) is 0 Å². The van der Waals surface area contributed by atoms with E-state index >= 15 is 0 Å². The molecule has 1 aliphatic rings. The normalized spacial score (nSPS) is 19.4. The second-order valence-corrected chi connectivity index (χ2v) is 5.47. The summed E-state index contributed by atoms with van der Waals surface area (Å²) in [6.07, 6.45) is 2.61. The molecule has 2 heterocycles. The van der Waals surface area contributed by atoms with Crippen molar-refractivity contribution in [3.05, 3.63) is 29.6 Å². The van der Waals surface area contributed by atoms with Crippen LogP contribution in [0.4, 0.5) is 0 Å². The first kappa shape index (κ1) is 12.6. The van der Waals surface area contributed by atoms with Gasteiger partial charge in [-0.2, -0.15) is 0 Å². The van der Waals surface area contributed by atoms with Crippen LogP contribution in [0.2, 0.25) is 0 Å². The number of aromatic nitrogens is 2. The van der Waals surface area contributed by atoms with Crippen LogP contribution in [-0.2, 0) is 13.6 Å². The van der Waals surface area contributed by atoms with Gasteiger partial charge in [-0.3, -0.25) is 0 Å². The molecular weight excluding hydrogens is 236 g/mol. The lowest BCUT2D eigenvalue weighted by atomic mass is 10.2. The van der Waals surface area contributed by atoms with E-state index in [2.05, 4.69) is 45.4 Å². The third kappa shape index (κ3) is 2.65. The van der Waals surface area contributed by atoms with Crippen LogP contribution in [0.25, 0.3) is 11.0 Å². The highest BCUT2D eigenvalue weighted by Crippen LogP contribution is 2.16. The molecule has 1 unspecified atom stereocenters. The molecule has 0 spiro atoms. The van der Waals surface area contributed by atoms with Gasteiger partial charge in [0, 0.05) is 26.2 Å². The van der Waals surface area contributed by atoms with Gasteiger partial charge in [0.2, 0.25) is 0 Å². The van der Waals surface area contributed by atoms with Crippen LogP contribution in [0.5, 0.6) is 0 Å². The number of imidazole rings is 1. The van der Waals surface area contributed by atoms with Crippen LogP contribution in [0.15, 0.2) is 18.2 Å². The molecule has 0 aliphatic carbocycles. The zero-order chi connectivity index (χ0) is 13.2. The van der Waals surface area contributed by atoms with Crippen molar-refractivity contribution in [2.75, 3.05) is 13.1 Å². The minimum atomic E-state index is 0.654. The number of nitrogens with zero attached hydrogens (tertiary/aromatic N) is 2. The molecular formula is C15H22N4. The Morgan fingerprint density at radius 2 is 2.37 bits per heavy atom. The first-order chi connectivity index (χ1) is 9.24. The van der Waals surface area contributed by atoms with Gasteiger partial charge in [-0.05, 0) is 44.0 Å². The van der Waals surface area contributed by atoms with E-state index in [0.29, 0.717) is 6.04 Å². The largest absolute Gasteiger partial charge is 0.331 e. The number of nitrogens with one attached hydrogen (secondary N) is 2. The quantitative estimate of drug-likeness (QED) is 0.877. The number of aryl methyl sites for hydroxylation is 2. The molecule has 1 fully saturated rings. The standard InChI is InChI=1S/C15H22N4/c1-11-18-14-8-12(5-6-15(14)19(11)2)9-16-10-13-4-3-7-17-13/h5-6,8,13,16-17H,3-4,7,9-10H2,1-2H3. The Morgan fingerprint density at radius 3 is 3.16 bits per heavy atom. The second kappa shape index (κ2) is 5.31. The van der Waals surface area contributed by atoms with E-state index in [0.717, 1.165) is 24.4 Å². The summed E-state index contributed by atoms with van der Waals surface area (Å²) < 4.78 is 2.13. The average molecular weight is 258 g/mol. The molecule has 1 saturated heterocycles. The van der Waals surface area contributed by atoms with Crippen LogP contribution in [0.1, 0.15) is 24.2 Å². The van der Waals surface area contributed by atoms with Gasteiger partial charge in [0.25, 0.3) is 0 Å². The molecule has 19 heavy (non-hydrogen) atoms. The summed E-state index contributed by atoms with van der Waals surface area (Å²) in [5.41, 5.74) is 3.61. The monoisotopic (exact) mass is 258 g/mol. The molecule has 0 bridgehead atoms. The Morgan fingerprint density at radius 1 is 1.47 bits per heavy atom. The molecule has 0 radical (unpaired) electrons. The van der Waals surface area contributed by atoms with Crippen molar-refractivity contribution in [2.24, 2.45) is 7.05 Å². The smallest absolute Gasteiger partial charge is 0.106 e. The SMILES string of the molecule is Cc1nc2cc(CNCC3CCCN3)ccc2n1C. The zero-order valence-corrected chi connectivity index (χ0v) is 11.7. The summed E-state index contributed by atoms with van der Waals surface area (Å²) in [7, 11) is 2.06. The highest BCUT2D eigenvalue weighted by atomic mass is 15.0. The van der Waals surface area contributed by atoms with E-state index in [-0.39, 0.29) is 0 Å². The van der Waals surface area contributed by atoms with Crippen LogP contribution in [-0.4, -0.2) is 28.7 Å². The van der Waals surface area contributed by atoms with Gasteiger partial charge in [0.1, 0.15) is 5.82 Å². The first-order valence-corrected chi connectivity index (χ1v) is 7.10. The van der Waals surface area contributed by atoms with Crippen LogP contribution in [0, 0.1) is 6.92 Å². The molecule has 4 heteroatoms. The summed E-state index contributed by atoms with van der Waals surface area (Å²) >= 11 is 0. The van der Waals surface area contributed by atoms with Gasteiger partial charge in [-0.15, -0.1) is 0 Å². The van der Waals surface area contributed by atoms with Gasteiger partial charge in [0.15, 0.2) is 0 Å². The van der Waals surface area contributed by atoms with E-state index in [1.807, 2.05) is 6.92 Å². The van der Waals surface area contributed by atoms with Crippen molar-refractivity contribution < 1.29 is 0 Å². The Hall–Kier alpha value is -1.39. The molecule has 1 atom stereocenters. The molecule has 1 aliphatic heterocycles. The number of hydrogen-bond donors (Lipinski definition) is 2. The highest BCUT2D eigenvalue weighted by Gasteiger charge is 2.12. The number of fused-ring (bicyclic) bond motifs is 1. The third-order valence-electron chi connectivity index (χ3n) is 4.05. The minimum absolute atomic E-state index is 0.654. The third-order valence-corrected chi connectivity index (χ3v) is 4.05. The van der Waals surface area contributed by atoms with Crippen molar-refractivity contribution in [1.82, 2.24) is 20.2 Å². The summed E-state index contributed by atoms with van der Waals surface area (Å²) in [4.78, 5) is 4.58. The molecule has 3 rings (SSSR count). The first-order valence-electron chi connectivity index (χ1n) is 7.10. The van der Waals surface area contributed by atoms with Gasteiger partial charge < -0.3 is 15.2 Å². The van der Waals surface area contributed by atoms with E-state index in [1.165, 1.54) is 30.5 Å². The maximum atomic E-state index is 4.58. The predicted molar refractivity (Wildman–Crippen MR) is 78.2 cm³/mol. The summed E-state index contributed by atoms with van der Waals surface area (Å²) in [5.74, 6) is 1.07. The highest BCUT2D eigenvalue weighted by molar-refractivity contribution is 5.76. The number of hydrogen-bond acceptors (Lipinski definition) is 3. The van der Waals surface area contributed by atoms with Gasteiger partial charge in [0.05, 0.1) is 11.0 Å². The topological polar surface area (TPSA) is 41.9 Å². The zero-order valence-electron chi connectivity index (χ0n) is 11.7. The number of benzene rings is 1. The second-order valence-electron chi connectivity index (χ2n) is 5.47. The molecule has 0 amide bonds. The Balaban J connectivity index is 1.64. The summed E-state index contributed by atoms with van der Waals surface area (Å²) in [6.45, 7) is 5.19. The van der Waals surface area contributed by atoms with Crippen LogP contribution in [0.3, 0.4) is 0 Å². The summed E-state index contributed by atoms with van der Waals surface area (Å²) in [6, 6.07) is 7.21. The molecule has 2 N–H and O–H groups in total. The van der Waals surface area contributed by atoms with Gasteiger partial charge >= 0.3 is 0 Å². The lowest BCUT2D eigenvalue weighted by Crippen LogP contribution is -2.33. The van der Waals surface area contributed by atoms with Crippen molar-refractivity contribution in [1.29, 1.82) is 0 Å². The van der Waals surface area contributed by atoms with Gasteiger partial charge in [-0.1, -0.05) is 6.07 Å². The number of rotatable bonds is 4.